The first-order valence-electron chi connectivity index (χ1n) is 6.26. The minimum atomic E-state index is -0.332. The number of hydrogen-bond acceptors (Lipinski definition) is 3. The first-order valence-corrected chi connectivity index (χ1v) is 6.26. The van der Waals surface area contributed by atoms with Crippen molar-refractivity contribution in [2.24, 2.45) is 5.92 Å². The molecular weight excluding hydrogens is 216 g/mol. The maximum atomic E-state index is 11.0. The van der Waals surface area contributed by atoms with Gasteiger partial charge in [-0.15, -0.1) is 0 Å². The van der Waals surface area contributed by atoms with Crippen LogP contribution in [0.25, 0.3) is 0 Å². The quantitative estimate of drug-likeness (QED) is 0.240. The van der Waals surface area contributed by atoms with Gasteiger partial charge in [-0.2, -0.15) is 0 Å². The van der Waals surface area contributed by atoms with E-state index >= 15 is 0 Å². The molecule has 98 valence electrons. The van der Waals surface area contributed by atoms with Gasteiger partial charge in [0.05, 0.1) is 19.5 Å². The Bertz CT molecular complexity index is 224. The molecule has 3 nitrogen and oxygen atoms in total. The zero-order valence-corrected chi connectivity index (χ0v) is 10.8. The highest BCUT2D eigenvalue weighted by molar-refractivity contribution is 5.81. The van der Waals surface area contributed by atoms with Crippen LogP contribution < -0.4 is 0 Å². The SMILES string of the molecule is C=COCCCCC(CCC)COC(=O)C=C. The third-order valence-corrected chi connectivity index (χ3v) is 2.57. The molecule has 0 saturated carbocycles. The van der Waals surface area contributed by atoms with E-state index in [1.165, 1.54) is 12.3 Å². The number of unbranched alkanes of at least 4 members (excludes halogenated alkanes) is 1. The summed E-state index contributed by atoms with van der Waals surface area (Å²) in [4.78, 5) is 11.0. The Morgan fingerprint density at radius 1 is 1.29 bits per heavy atom. The molecule has 0 aliphatic heterocycles. The summed E-state index contributed by atoms with van der Waals surface area (Å²) in [5.41, 5.74) is 0. The van der Waals surface area contributed by atoms with Crippen molar-refractivity contribution in [3.05, 3.63) is 25.5 Å². The van der Waals surface area contributed by atoms with E-state index in [9.17, 15) is 4.79 Å². The lowest BCUT2D eigenvalue weighted by Gasteiger charge is -2.15. The van der Waals surface area contributed by atoms with Gasteiger partial charge in [0.25, 0.3) is 0 Å². The van der Waals surface area contributed by atoms with E-state index in [1.54, 1.807) is 0 Å². The van der Waals surface area contributed by atoms with Crippen LogP contribution in [0.2, 0.25) is 0 Å². The van der Waals surface area contributed by atoms with Gasteiger partial charge < -0.3 is 9.47 Å². The predicted molar refractivity (Wildman–Crippen MR) is 69.6 cm³/mol. The van der Waals surface area contributed by atoms with Crippen LogP contribution >= 0.6 is 0 Å². The maximum absolute atomic E-state index is 11.0. The van der Waals surface area contributed by atoms with Crippen molar-refractivity contribution in [3.8, 4) is 0 Å². The lowest BCUT2D eigenvalue weighted by Crippen LogP contribution is -2.13. The fourth-order valence-electron chi connectivity index (χ4n) is 1.68. The second-order valence-electron chi connectivity index (χ2n) is 4.02. The van der Waals surface area contributed by atoms with Crippen molar-refractivity contribution in [3.63, 3.8) is 0 Å². The molecule has 1 unspecified atom stereocenters. The first-order chi connectivity index (χ1) is 8.24. The molecule has 0 spiro atoms. The van der Waals surface area contributed by atoms with Crippen molar-refractivity contribution in [1.82, 2.24) is 0 Å². The topological polar surface area (TPSA) is 35.5 Å². The van der Waals surface area contributed by atoms with Gasteiger partial charge in [-0.3, -0.25) is 0 Å². The highest BCUT2D eigenvalue weighted by Crippen LogP contribution is 2.15. The highest BCUT2D eigenvalue weighted by Gasteiger charge is 2.09. The van der Waals surface area contributed by atoms with E-state index in [4.69, 9.17) is 9.47 Å². The Morgan fingerprint density at radius 2 is 2.06 bits per heavy atom. The number of rotatable bonds is 11. The Morgan fingerprint density at radius 3 is 2.65 bits per heavy atom. The van der Waals surface area contributed by atoms with Gasteiger partial charge in [0.2, 0.25) is 0 Å². The Hall–Kier alpha value is -1.25. The van der Waals surface area contributed by atoms with Crippen LogP contribution in [0, 0.1) is 5.92 Å². The molecule has 0 amide bonds. The van der Waals surface area contributed by atoms with Crippen LogP contribution in [-0.4, -0.2) is 19.2 Å². The molecule has 0 rings (SSSR count). The number of carbonyl (C=O) groups excluding carboxylic acids is 1. The molecule has 0 aliphatic carbocycles. The molecule has 0 aromatic rings. The summed E-state index contributed by atoms with van der Waals surface area (Å²) in [5, 5.41) is 0. The Labute approximate surface area is 104 Å². The standard InChI is InChI=1S/C14H24O3/c1-4-9-13(12-17-14(15)5-2)10-7-8-11-16-6-3/h5-6,13H,2-4,7-12H2,1H3. The second kappa shape index (κ2) is 11.2. The lowest BCUT2D eigenvalue weighted by molar-refractivity contribution is -0.139. The van der Waals surface area contributed by atoms with Crippen LogP contribution in [0.4, 0.5) is 0 Å². The third kappa shape index (κ3) is 9.67. The smallest absolute Gasteiger partial charge is 0.330 e. The average molecular weight is 240 g/mol. The molecule has 0 fully saturated rings. The van der Waals surface area contributed by atoms with E-state index in [-0.39, 0.29) is 5.97 Å². The molecule has 0 heterocycles. The molecule has 0 aromatic heterocycles. The van der Waals surface area contributed by atoms with Gasteiger partial charge >= 0.3 is 5.97 Å². The van der Waals surface area contributed by atoms with E-state index < -0.39 is 0 Å². The number of ether oxygens (including phenoxy) is 2. The van der Waals surface area contributed by atoms with Crippen LogP contribution in [0.5, 0.6) is 0 Å². The van der Waals surface area contributed by atoms with Crippen molar-refractivity contribution < 1.29 is 14.3 Å². The van der Waals surface area contributed by atoms with Crippen LogP contribution in [0.1, 0.15) is 39.0 Å². The zero-order chi connectivity index (χ0) is 12.9. The van der Waals surface area contributed by atoms with Crippen molar-refractivity contribution in [2.45, 2.75) is 39.0 Å². The van der Waals surface area contributed by atoms with E-state index in [1.807, 2.05) is 0 Å². The zero-order valence-electron chi connectivity index (χ0n) is 10.8. The Balaban J connectivity index is 3.69. The predicted octanol–water partition coefficient (Wildman–Crippen LogP) is 3.46. The molecule has 0 N–H and O–H groups in total. The molecule has 0 aromatic carbocycles. The van der Waals surface area contributed by atoms with Crippen molar-refractivity contribution in [1.29, 1.82) is 0 Å². The third-order valence-electron chi connectivity index (χ3n) is 2.57. The van der Waals surface area contributed by atoms with Crippen molar-refractivity contribution >= 4 is 5.97 Å². The fourth-order valence-corrected chi connectivity index (χ4v) is 1.68. The highest BCUT2D eigenvalue weighted by atomic mass is 16.5. The molecule has 0 aliphatic rings. The summed E-state index contributed by atoms with van der Waals surface area (Å²) in [7, 11) is 0. The second-order valence-corrected chi connectivity index (χ2v) is 4.02. The van der Waals surface area contributed by atoms with Crippen LogP contribution in [0.3, 0.4) is 0 Å². The monoisotopic (exact) mass is 240 g/mol. The molecule has 3 heteroatoms. The van der Waals surface area contributed by atoms with Gasteiger partial charge in [-0.25, -0.2) is 4.79 Å². The molecule has 1 atom stereocenters. The number of hydrogen-bond donors (Lipinski definition) is 0. The van der Waals surface area contributed by atoms with Gasteiger partial charge in [0.1, 0.15) is 0 Å². The minimum Gasteiger partial charge on any atom is -0.502 e. The van der Waals surface area contributed by atoms with Crippen LogP contribution in [0.15, 0.2) is 25.5 Å². The maximum Gasteiger partial charge on any atom is 0.330 e. The fraction of sp³-hybridized carbons (Fsp3) is 0.643. The molecule has 0 saturated heterocycles. The van der Waals surface area contributed by atoms with Gasteiger partial charge in [-0.05, 0) is 31.6 Å². The molecule has 17 heavy (non-hydrogen) atoms. The summed E-state index contributed by atoms with van der Waals surface area (Å²) in [6.45, 7) is 10.2. The average Bonchev–Trinajstić information content (AvgIpc) is 2.35. The van der Waals surface area contributed by atoms with Crippen LogP contribution in [-0.2, 0) is 14.3 Å². The van der Waals surface area contributed by atoms with Gasteiger partial charge in [0.15, 0.2) is 0 Å². The molecule has 0 bridgehead atoms. The Kier molecular flexibility index (Phi) is 10.4. The lowest BCUT2D eigenvalue weighted by atomic mass is 9.98. The van der Waals surface area contributed by atoms with Gasteiger partial charge in [0, 0.05) is 6.08 Å². The molecule has 0 radical (unpaired) electrons. The van der Waals surface area contributed by atoms with E-state index in [2.05, 4.69) is 20.1 Å². The molecular formula is C14H24O3. The summed E-state index contributed by atoms with van der Waals surface area (Å²) in [5.74, 6) is 0.119. The summed E-state index contributed by atoms with van der Waals surface area (Å²) in [6.07, 6.45) is 8.05. The van der Waals surface area contributed by atoms with E-state index in [0.717, 1.165) is 38.7 Å². The number of carbonyl (C=O) groups is 1. The minimum absolute atomic E-state index is 0.332. The number of esters is 1. The summed E-state index contributed by atoms with van der Waals surface area (Å²) < 4.78 is 10.1. The van der Waals surface area contributed by atoms with E-state index in [0.29, 0.717) is 12.5 Å². The van der Waals surface area contributed by atoms with Crippen molar-refractivity contribution in [2.75, 3.05) is 13.2 Å². The summed E-state index contributed by atoms with van der Waals surface area (Å²) in [6, 6.07) is 0. The van der Waals surface area contributed by atoms with Gasteiger partial charge in [-0.1, -0.05) is 26.5 Å². The summed E-state index contributed by atoms with van der Waals surface area (Å²) >= 11 is 0. The largest absolute Gasteiger partial charge is 0.502 e. The normalized spacial score (nSPS) is 11.6. The first kappa shape index (κ1) is 15.8.